The average molecular weight is 429 g/mol. The molecule has 1 aromatic rings. The van der Waals surface area contributed by atoms with E-state index in [1.807, 2.05) is 11.8 Å². The third-order valence-electron chi connectivity index (χ3n) is 4.51. The number of nitrogens with one attached hydrogen (secondary N) is 2. The van der Waals surface area contributed by atoms with Crippen molar-refractivity contribution in [3.05, 3.63) is 23.9 Å². The van der Waals surface area contributed by atoms with Crippen molar-refractivity contribution in [1.82, 2.24) is 20.5 Å². The number of ether oxygens (including phenoxy) is 1. The quantitative estimate of drug-likeness (QED) is 0.359. The predicted octanol–water partition coefficient (Wildman–Crippen LogP) is 2.87. The molecule has 2 heterocycles. The van der Waals surface area contributed by atoms with E-state index in [0.29, 0.717) is 32.0 Å². The van der Waals surface area contributed by atoms with E-state index in [4.69, 9.17) is 0 Å². The zero-order valence-corrected chi connectivity index (χ0v) is 17.3. The minimum Gasteiger partial charge on any atom is -0.468 e. The first-order chi connectivity index (χ1) is 14.4. The number of hydrogen-bond donors (Lipinski definition) is 2. The molecule has 168 valence electrons. The maximum absolute atomic E-state index is 12.2. The summed E-state index contributed by atoms with van der Waals surface area (Å²) in [5.74, 6) is 0.800. The Morgan fingerprint density at radius 3 is 2.80 bits per heavy atom. The molecule has 0 bridgehead atoms. The number of carbonyl (C=O) groups is 1. The molecular weight excluding hydrogens is 399 g/mol. The highest BCUT2D eigenvalue weighted by Gasteiger charge is 2.28. The fourth-order valence-corrected chi connectivity index (χ4v) is 3.01. The molecule has 1 saturated heterocycles. The molecule has 0 saturated carbocycles. The number of aromatic nitrogens is 1. The van der Waals surface area contributed by atoms with Crippen molar-refractivity contribution >= 4 is 11.9 Å². The lowest BCUT2D eigenvalue weighted by Gasteiger charge is -2.20. The Kier molecular flexibility index (Phi) is 9.69. The third kappa shape index (κ3) is 9.32. The van der Waals surface area contributed by atoms with E-state index in [1.54, 1.807) is 6.07 Å². The van der Waals surface area contributed by atoms with Gasteiger partial charge in [0.15, 0.2) is 12.6 Å². The molecular formula is C20H30F3N5O2. The number of nitrogens with zero attached hydrogens (tertiary/aromatic N) is 3. The first-order valence-corrected chi connectivity index (χ1v) is 10.3. The highest BCUT2D eigenvalue weighted by molar-refractivity contribution is 5.79. The predicted molar refractivity (Wildman–Crippen MR) is 108 cm³/mol. The summed E-state index contributed by atoms with van der Waals surface area (Å²) >= 11 is 0. The van der Waals surface area contributed by atoms with E-state index in [2.05, 4.69) is 25.3 Å². The average Bonchev–Trinajstić information content (AvgIpc) is 2.92. The maximum atomic E-state index is 12.2. The first-order valence-electron chi connectivity index (χ1n) is 10.3. The van der Waals surface area contributed by atoms with Gasteiger partial charge >= 0.3 is 6.18 Å². The third-order valence-corrected chi connectivity index (χ3v) is 4.51. The fourth-order valence-electron chi connectivity index (χ4n) is 3.01. The van der Waals surface area contributed by atoms with Crippen LogP contribution in [0.25, 0.3) is 0 Å². The molecule has 1 aliphatic rings. The summed E-state index contributed by atoms with van der Waals surface area (Å²) in [4.78, 5) is 22.3. The Morgan fingerprint density at radius 2 is 2.10 bits per heavy atom. The second-order valence-electron chi connectivity index (χ2n) is 7.08. The molecule has 30 heavy (non-hydrogen) atoms. The smallest absolute Gasteiger partial charge is 0.422 e. The van der Waals surface area contributed by atoms with Gasteiger partial charge in [0.2, 0.25) is 11.8 Å². The number of aliphatic imine (C=N–C) groups is 1. The van der Waals surface area contributed by atoms with Gasteiger partial charge in [-0.05, 0) is 31.7 Å². The summed E-state index contributed by atoms with van der Waals surface area (Å²) in [5.41, 5.74) is 0.752. The normalized spacial score (nSPS) is 15.7. The van der Waals surface area contributed by atoms with Crippen molar-refractivity contribution in [3.8, 4) is 5.88 Å². The standard InChI is InChI=1S/C20H30F3N5O2/c1-2-24-19(25-10-6-12-28-11-5-3-4-7-18(28)29)27-14-16-8-9-17(26-13-16)30-15-20(21,22)23/h8-9,13H,2-7,10-12,14-15H2,1H3,(H2,24,25,27). The number of pyridine rings is 1. The number of carbonyl (C=O) groups excluding carboxylic acids is 1. The molecule has 0 radical (unpaired) electrons. The van der Waals surface area contributed by atoms with Crippen LogP contribution < -0.4 is 15.4 Å². The van der Waals surface area contributed by atoms with Crippen LogP contribution in [-0.4, -0.2) is 60.7 Å². The minimum atomic E-state index is -4.39. The summed E-state index contributed by atoms with van der Waals surface area (Å²) in [6.07, 6.45) is 1.68. The molecule has 1 amide bonds. The first kappa shape index (κ1) is 23.8. The Bertz CT molecular complexity index is 680. The number of hydrogen-bond acceptors (Lipinski definition) is 4. The lowest BCUT2D eigenvalue weighted by Crippen LogP contribution is -2.39. The SMILES string of the molecule is CCNC(=NCc1ccc(OCC(F)(F)F)nc1)NCCCN1CCCCCC1=O. The van der Waals surface area contributed by atoms with Crippen molar-refractivity contribution in [2.24, 2.45) is 4.99 Å². The molecule has 1 fully saturated rings. The Hall–Kier alpha value is -2.52. The Morgan fingerprint density at radius 1 is 1.27 bits per heavy atom. The van der Waals surface area contributed by atoms with Gasteiger partial charge in [0.1, 0.15) is 0 Å². The molecule has 0 aliphatic carbocycles. The number of guanidine groups is 1. The van der Waals surface area contributed by atoms with Gasteiger partial charge < -0.3 is 20.3 Å². The van der Waals surface area contributed by atoms with Gasteiger partial charge in [-0.25, -0.2) is 9.98 Å². The van der Waals surface area contributed by atoms with Crippen LogP contribution in [0.2, 0.25) is 0 Å². The van der Waals surface area contributed by atoms with Gasteiger partial charge in [0, 0.05) is 44.9 Å². The van der Waals surface area contributed by atoms with Crippen molar-refractivity contribution in [3.63, 3.8) is 0 Å². The van der Waals surface area contributed by atoms with E-state index < -0.39 is 12.8 Å². The van der Waals surface area contributed by atoms with E-state index >= 15 is 0 Å². The van der Waals surface area contributed by atoms with Crippen LogP contribution in [0.4, 0.5) is 13.2 Å². The van der Waals surface area contributed by atoms with Crippen LogP contribution in [0.3, 0.4) is 0 Å². The van der Waals surface area contributed by atoms with Crippen LogP contribution >= 0.6 is 0 Å². The van der Waals surface area contributed by atoms with Crippen LogP contribution in [0.5, 0.6) is 5.88 Å². The topological polar surface area (TPSA) is 78.9 Å². The van der Waals surface area contributed by atoms with Gasteiger partial charge in [0.05, 0.1) is 6.54 Å². The summed E-state index contributed by atoms with van der Waals surface area (Å²) < 4.78 is 41.1. The van der Waals surface area contributed by atoms with Crippen molar-refractivity contribution in [2.75, 3.05) is 32.8 Å². The molecule has 1 aliphatic heterocycles. The highest BCUT2D eigenvalue weighted by atomic mass is 19.4. The second-order valence-corrected chi connectivity index (χ2v) is 7.08. The van der Waals surface area contributed by atoms with Gasteiger partial charge in [0.25, 0.3) is 0 Å². The summed E-state index contributed by atoms with van der Waals surface area (Å²) in [6, 6.07) is 3.03. The number of amides is 1. The molecule has 10 heteroatoms. The van der Waals surface area contributed by atoms with Crippen LogP contribution in [0.15, 0.2) is 23.3 Å². The Balaban J connectivity index is 1.77. The fraction of sp³-hybridized carbons (Fsp3) is 0.650. The maximum Gasteiger partial charge on any atom is 0.422 e. The summed E-state index contributed by atoms with van der Waals surface area (Å²) in [6.45, 7) is 3.86. The molecule has 0 spiro atoms. The van der Waals surface area contributed by atoms with Crippen LogP contribution in [0.1, 0.15) is 44.6 Å². The van der Waals surface area contributed by atoms with Crippen LogP contribution in [0, 0.1) is 0 Å². The summed E-state index contributed by atoms with van der Waals surface area (Å²) in [5, 5.41) is 6.39. The summed E-state index contributed by atoms with van der Waals surface area (Å²) in [7, 11) is 0. The molecule has 0 aromatic carbocycles. The zero-order valence-electron chi connectivity index (χ0n) is 17.3. The number of likely N-dealkylation sites (tertiary alicyclic amines) is 1. The van der Waals surface area contributed by atoms with Gasteiger partial charge in [-0.3, -0.25) is 4.79 Å². The highest BCUT2D eigenvalue weighted by Crippen LogP contribution is 2.17. The van der Waals surface area contributed by atoms with Crippen molar-refractivity contribution < 1.29 is 22.7 Å². The molecule has 2 N–H and O–H groups in total. The number of halogens is 3. The van der Waals surface area contributed by atoms with Gasteiger partial charge in [-0.1, -0.05) is 12.5 Å². The lowest BCUT2D eigenvalue weighted by molar-refractivity contribution is -0.154. The van der Waals surface area contributed by atoms with Crippen LogP contribution in [-0.2, 0) is 11.3 Å². The largest absolute Gasteiger partial charge is 0.468 e. The molecule has 7 nitrogen and oxygen atoms in total. The molecule has 0 atom stereocenters. The van der Waals surface area contributed by atoms with E-state index in [1.165, 1.54) is 12.3 Å². The monoisotopic (exact) mass is 429 g/mol. The van der Waals surface area contributed by atoms with Gasteiger partial charge in [-0.2, -0.15) is 13.2 Å². The number of alkyl halides is 3. The molecule has 2 rings (SSSR count). The molecule has 1 aromatic heterocycles. The van der Waals surface area contributed by atoms with Gasteiger partial charge in [-0.15, -0.1) is 0 Å². The zero-order chi connectivity index (χ0) is 21.8. The Labute approximate surface area is 175 Å². The van der Waals surface area contributed by atoms with Crippen molar-refractivity contribution in [2.45, 2.75) is 51.7 Å². The number of rotatable bonds is 9. The van der Waals surface area contributed by atoms with E-state index in [-0.39, 0.29) is 11.8 Å². The lowest BCUT2D eigenvalue weighted by atomic mass is 10.2. The second kappa shape index (κ2) is 12.2. The molecule has 0 unspecified atom stereocenters. The van der Waals surface area contributed by atoms with Crippen molar-refractivity contribution in [1.29, 1.82) is 0 Å². The van der Waals surface area contributed by atoms with E-state index in [9.17, 15) is 18.0 Å². The minimum absolute atomic E-state index is 0.0758. The van der Waals surface area contributed by atoms with E-state index in [0.717, 1.165) is 44.3 Å².